The van der Waals surface area contributed by atoms with Crippen LogP contribution in [-0.2, 0) is 19.2 Å². The first-order valence-corrected chi connectivity index (χ1v) is 7.70. The monoisotopic (exact) mass is 339 g/mol. The molecule has 132 valence electrons. The lowest BCUT2D eigenvalue weighted by Gasteiger charge is -2.27. The van der Waals surface area contributed by atoms with Crippen LogP contribution in [0, 0.1) is 6.92 Å². The summed E-state index contributed by atoms with van der Waals surface area (Å²) in [6, 6.07) is -0.513. The van der Waals surface area contributed by atoms with E-state index in [0.717, 1.165) is 5.06 Å². The quantitative estimate of drug-likeness (QED) is 0.790. The molecule has 1 saturated heterocycles. The van der Waals surface area contributed by atoms with Crippen LogP contribution in [0.4, 0.5) is 0 Å². The van der Waals surface area contributed by atoms with Crippen molar-refractivity contribution in [2.45, 2.75) is 58.9 Å². The third-order valence-electron chi connectivity index (χ3n) is 3.90. The maximum absolute atomic E-state index is 12.0. The Hall–Kier alpha value is -2.42. The van der Waals surface area contributed by atoms with Gasteiger partial charge in [-0.05, 0) is 13.3 Å². The molecule has 0 bridgehead atoms. The maximum atomic E-state index is 12.0. The Bertz CT molecular complexity index is 752. The molecule has 9 nitrogen and oxygen atoms in total. The Morgan fingerprint density at radius 2 is 2.08 bits per heavy atom. The van der Waals surface area contributed by atoms with Gasteiger partial charge in [0.1, 0.15) is 12.3 Å². The molecule has 3 atom stereocenters. The molecular weight excluding hydrogens is 318 g/mol. The number of amides is 1. The fraction of sp³-hybridized carbons (Fsp3) is 0.600. The first kappa shape index (κ1) is 17.9. The van der Waals surface area contributed by atoms with E-state index in [-0.39, 0.29) is 6.42 Å². The Morgan fingerprint density at radius 1 is 1.42 bits per heavy atom. The van der Waals surface area contributed by atoms with E-state index in [2.05, 4.69) is 4.98 Å². The first-order valence-electron chi connectivity index (χ1n) is 7.70. The number of hydrogen-bond acceptors (Lipinski definition) is 6. The number of aromatic nitrogens is 2. The molecule has 1 aromatic heterocycles. The van der Waals surface area contributed by atoms with Crippen molar-refractivity contribution in [3.63, 3.8) is 0 Å². The Balaban J connectivity index is 2.33. The lowest BCUT2D eigenvalue weighted by molar-refractivity contribution is -0.207. The average molecular weight is 339 g/mol. The fourth-order valence-electron chi connectivity index (χ4n) is 2.80. The van der Waals surface area contributed by atoms with Crippen molar-refractivity contribution in [3.8, 4) is 0 Å². The molecule has 0 radical (unpaired) electrons. The van der Waals surface area contributed by atoms with E-state index in [0.29, 0.717) is 12.0 Å². The number of aryl methyl sites for hydroxylation is 1. The minimum absolute atomic E-state index is 0.261. The van der Waals surface area contributed by atoms with Gasteiger partial charge in [0.05, 0.1) is 6.10 Å². The van der Waals surface area contributed by atoms with Crippen molar-refractivity contribution in [1.82, 2.24) is 14.6 Å². The van der Waals surface area contributed by atoms with Crippen molar-refractivity contribution in [1.29, 1.82) is 0 Å². The zero-order chi connectivity index (χ0) is 18.0. The normalized spacial score (nSPS) is 23.1. The zero-order valence-electron chi connectivity index (χ0n) is 14.1. The van der Waals surface area contributed by atoms with Gasteiger partial charge in [0.25, 0.3) is 11.5 Å². The van der Waals surface area contributed by atoms with Crippen LogP contribution in [0.2, 0.25) is 0 Å². The summed E-state index contributed by atoms with van der Waals surface area (Å²) in [5.41, 5.74) is -0.672. The first-order chi connectivity index (χ1) is 11.2. The van der Waals surface area contributed by atoms with Gasteiger partial charge in [0.2, 0.25) is 0 Å². The summed E-state index contributed by atoms with van der Waals surface area (Å²) < 4.78 is 7.14. The number of hydrogen-bond donors (Lipinski definition) is 1. The van der Waals surface area contributed by atoms with Crippen LogP contribution in [0.5, 0.6) is 0 Å². The molecule has 1 aromatic rings. The van der Waals surface area contributed by atoms with Gasteiger partial charge in [0.15, 0.2) is 0 Å². The molecule has 1 N–H and O–H groups in total. The largest absolute Gasteiger partial charge is 0.352 e. The molecule has 1 amide bonds. The second-order valence-corrected chi connectivity index (χ2v) is 5.75. The minimum atomic E-state index is -0.666. The van der Waals surface area contributed by atoms with Crippen LogP contribution in [0.1, 0.15) is 45.4 Å². The molecule has 2 heterocycles. The third-order valence-corrected chi connectivity index (χ3v) is 3.90. The van der Waals surface area contributed by atoms with Gasteiger partial charge in [-0.2, -0.15) is 5.06 Å². The lowest BCUT2D eigenvalue weighted by atomic mass is 10.1. The smallest absolute Gasteiger partial charge is 0.330 e. The maximum Gasteiger partial charge on any atom is 0.330 e. The predicted molar refractivity (Wildman–Crippen MR) is 83.0 cm³/mol. The van der Waals surface area contributed by atoms with E-state index in [1.807, 2.05) is 6.92 Å². The molecule has 2 rings (SSSR count). The van der Waals surface area contributed by atoms with E-state index < -0.39 is 41.5 Å². The predicted octanol–water partition coefficient (Wildman–Crippen LogP) is 0.238. The number of hydroxylamine groups is 2. The standard InChI is InChI=1S/C15H21N3O6/c1-5-12-11(18(9(3)19)24-10(4)20)6-13(23-12)17-7-8(2)14(21)16-15(17)22/h7,11-13H,5-6H2,1-4H3,(H,16,21,22)/t11-,12+,13+/m0/s1. The third kappa shape index (κ3) is 3.56. The van der Waals surface area contributed by atoms with Crippen LogP contribution in [-0.4, -0.2) is 38.6 Å². The van der Waals surface area contributed by atoms with Crippen molar-refractivity contribution in [2.24, 2.45) is 0 Å². The topological polar surface area (TPSA) is 111 Å². The number of aromatic amines is 1. The van der Waals surface area contributed by atoms with E-state index in [1.54, 1.807) is 6.92 Å². The average Bonchev–Trinajstić information content (AvgIpc) is 2.91. The molecule has 0 saturated carbocycles. The second-order valence-electron chi connectivity index (χ2n) is 5.75. The Labute approximate surface area is 138 Å². The summed E-state index contributed by atoms with van der Waals surface area (Å²) in [7, 11) is 0. The van der Waals surface area contributed by atoms with Crippen LogP contribution >= 0.6 is 0 Å². The summed E-state index contributed by atoms with van der Waals surface area (Å²) >= 11 is 0. The minimum Gasteiger partial charge on any atom is -0.352 e. The highest BCUT2D eigenvalue weighted by Gasteiger charge is 2.42. The van der Waals surface area contributed by atoms with Crippen molar-refractivity contribution < 1.29 is 19.2 Å². The SMILES string of the molecule is CC[C@H]1O[C@@H](n2cc(C)c(=O)[nH]c2=O)C[C@@H]1N(OC(C)=O)C(C)=O. The zero-order valence-corrected chi connectivity index (χ0v) is 14.1. The number of nitrogens with one attached hydrogen (secondary N) is 1. The van der Waals surface area contributed by atoms with Gasteiger partial charge in [-0.3, -0.25) is 23.9 Å². The fourth-order valence-corrected chi connectivity index (χ4v) is 2.80. The lowest BCUT2D eigenvalue weighted by Crippen LogP contribution is -2.44. The highest BCUT2D eigenvalue weighted by molar-refractivity contribution is 5.75. The number of carbonyl (C=O) groups excluding carboxylic acids is 2. The van der Waals surface area contributed by atoms with Crippen LogP contribution < -0.4 is 11.2 Å². The van der Waals surface area contributed by atoms with Gasteiger partial charge in [-0.1, -0.05) is 6.92 Å². The summed E-state index contributed by atoms with van der Waals surface area (Å²) in [6.45, 7) is 5.95. The van der Waals surface area contributed by atoms with E-state index in [9.17, 15) is 19.2 Å². The number of carbonyl (C=O) groups is 2. The van der Waals surface area contributed by atoms with E-state index in [1.165, 1.54) is 24.6 Å². The van der Waals surface area contributed by atoms with Crippen LogP contribution in [0.25, 0.3) is 0 Å². The number of ether oxygens (including phenoxy) is 1. The summed E-state index contributed by atoms with van der Waals surface area (Å²) in [4.78, 5) is 53.8. The van der Waals surface area contributed by atoms with Crippen molar-refractivity contribution in [2.75, 3.05) is 0 Å². The molecule has 0 spiro atoms. The molecular formula is C15H21N3O6. The van der Waals surface area contributed by atoms with Gasteiger partial charge >= 0.3 is 11.7 Å². The van der Waals surface area contributed by atoms with Crippen LogP contribution in [0.3, 0.4) is 0 Å². The molecule has 0 unspecified atom stereocenters. The van der Waals surface area contributed by atoms with E-state index >= 15 is 0 Å². The number of rotatable bonds is 3. The van der Waals surface area contributed by atoms with Gasteiger partial charge in [-0.25, -0.2) is 4.79 Å². The number of nitrogens with zero attached hydrogens (tertiary/aromatic N) is 2. The Morgan fingerprint density at radius 3 is 2.62 bits per heavy atom. The second kappa shape index (κ2) is 7.00. The highest BCUT2D eigenvalue weighted by atomic mass is 16.7. The molecule has 1 aliphatic heterocycles. The molecule has 24 heavy (non-hydrogen) atoms. The van der Waals surface area contributed by atoms with E-state index in [4.69, 9.17) is 9.57 Å². The summed E-state index contributed by atoms with van der Waals surface area (Å²) in [5, 5.41) is 1.00. The molecule has 1 aliphatic rings. The van der Waals surface area contributed by atoms with Gasteiger partial charge in [-0.15, -0.1) is 0 Å². The molecule has 9 heteroatoms. The van der Waals surface area contributed by atoms with Gasteiger partial charge in [0, 0.05) is 32.0 Å². The Kier molecular flexibility index (Phi) is 5.23. The summed E-state index contributed by atoms with van der Waals surface area (Å²) in [5.74, 6) is -1.04. The molecule has 1 fully saturated rings. The summed E-state index contributed by atoms with van der Waals surface area (Å²) in [6.07, 6.45) is 1.17. The highest BCUT2D eigenvalue weighted by Crippen LogP contribution is 2.33. The molecule has 0 aromatic carbocycles. The van der Waals surface area contributed by atoms with Crippen LogP contribution in [0.15, 0.2) is 15.8 Å². The number of H-pyrrole nitrogens is 1. The molecule has 0 aliphatic carbocycles. The van der Waals surface area contributed by atoms with Gasteiger partial charge < -0.3 is 9.57 Å². The van der Waals surface area contributed by atoms with Crippen molar-refractivity contribution in [3.05, 3.63) is 32.6 Å². The van der Waals surface area contributed by atoms with Crippen molar-refractivity contribution >= 4 is 11.9 Å².